The van der Waals surface area contributed by atoms with E-state index >= 15 is 0 Å². The van der Waals surface area contributed by atoms with Crippen molar-refractivity contribution in [2.45, 2.75) is 6.42 Å². The van der Waals surface area contributed by atoms with Crippen LogP contribution < -0.4 is 11.1 Å². The lowest BCUT2D eigenvalue weighted by atomic mass is 10.2. The number of hydrogen-bond donors (Lipinski definition) is 2. The zero-order valence-corrected chi connectivity index (χ0v) is 10.7. The second-order valence-electron chi connectivity index (χ2n) is 3.83. The summed E-state index contributed by atoms with van der Waals surface area (Å²) in [7, 11) is 0. The topological polar surface area (TPSA) is 63.8 Å². The molecule has 0 spiro atoms. The van der Waals surface area contributed by atoms with Gasteiger partial charge in [-0.15, -0.1) is 0 Å². The molecule has 0 unspecified atom stereocenters. The third kappa shape index (κ3) is 3.49. The zero-order chi connectivity index (χ0) is 12.8. The van der Waals surface area contributed by atoms with E-state index in [1.54, 1.807) is 18.6 Å². The highest BCUT2D eigenvalue weighted by Crippen LogP contribution is 2.05. The van der Waals surface area contributed by atoms with Crippen LogP contribution >= 0.6 is 12.2 Å². The van der Waals surface area contributed by atoms with Gasteiger partial charge in [0.15, 0.2) is 0 Å². The lowest BCUT2D eigenvalue weighted by molar-refractivity contribution is 1.000. The van der Waals surface area contributed by atoms with Crippen molar-refractivity contribution in [3.05, 3.63) is 54.0 Å². The number of anilines is 1. The van der Waals surface area contributed by atoms with Gasteiger partial charge in [-0.05, 0) is 36.2 Å². The van der Waals surface area contributed by atoms with Crippen LogP contribution in [0.3, 0.4) is 0 Å². The zero-order valence-electron chi connectivity index (χ0n) is 9.84. The third-order valence-electron chi connectivity index (χ3n) is 2.52. The fraction of sp³-hybridized carbons (Fsp3) is 0.154. The minimum absolute atomic E-state index is 0.367. The van der Waals surface area contributed by atoms with Crippen LogP contribution in [0.15, 0.2) is 42.9 Å². The summed E-state index contributed by atoms with van der Waals surface area (Å²) >= 11 is 4.87. The molecule has 4 nitrogen and oxygen atoms in total. The molecule has 0 amide bonds. The quantitative estimate of drug-likeness (QED) is 0.800. The van der Waals surface area contributed by atoms with Crippen LogP contribution in [0.25, 0.3) is 0 Å². The maximum Gasteiger partial charge on any atom is 0.125 e. The second kappa shape index (κ2) is 6.07. The first-order valence-electron chi connectivity index (χ1n) is 5.64. The predicted molar refractivity (Wildman–Crippen MR) is 76.6 cm³/mol. The Balaban J connectivity index is 1.85. The molecule has 5 heteroatoms. The van der Waals surface area contributed by atoms with Crippen molar-refractivity contribution < 1.29 is 0 Å². The maximum atomic E-state index is 5.51. The number of hydrogen-bond acceptors (Lipinski definition) is 4. The highest BCUT2D eigenvalue weighted by molar-refractivity contribution is 7.80. The predicted octanol–water partition coefficient (Wildman–Crippen LogP) is 1.77. The van der Waals surface area contributed by atoms with E-state index in [9.17, 15) is 0 Å². The van der Waals surface area contributed by atoms with Gasteiger partial charge in [0.1, 0.15) is 10.8 Å². The van der Waals surface area contributed by atoms with Crippen LogP contribution in [0.1, 0.15) is 11.1 Å². The molecule has 18 heavy (non-hydrogen) atoms. The molecular formula is C13H14N4S. The monoisotopic (exact) mass is 258 g/mol. The molecule has 0 saturated carbocycles. The molecule has 0 fully saturated rings. The first-order valence-corrected chi connectivity index (χ1v) is 6.05. The van der Waals surface area contributed by atoms with Crippen molar-refractivity contribution in [2.24, 2.45) is 5.73 Å². The summed E-state index contributed by atoms with van der Waals surface area (Å²) in [5.41, 5.74) is 7.53. The number of nitrogens with zero attached hydrogens (tertiary/aromatic N) is 2. The van der Waals surface area contributed by atoms with Gasteiger partial charge in [-0.3, -0.25) is 4.98 Å². The van der Waals surface area contributed by atoms with E-state index in [1.165, 1.54) is 5.56 Å². The Bertz CT molecular complexity index is 510. The van der Waals surface area contributed by atoms with Crippen molar-refractivity contribution in [3.63, 3.8) is 0 Å². The lowest BCUT2D eigenvalue weighted by Crippen LogP contribution is -2.11. The Morgan fingerprint density at radius 3 is 2.61 bits per heavy atom. The summed E-state index contributed by atoms with van der Waals surface area (Å²) in [4.78, 5) is 8.59. The SMILES string of the molecule is NC(=S)c1ccc(NCCc2ccncc2)nc1. The summed E-state index contributed by atoms with van der Waals surface area (Å²) in [5.74, 6) is 0.823. The van der Waals surface area contributed by atoms with E-state index in [0.717, 1.165) is 24.3 Å². The van der Waals surface area contributed by atoms with Crippen LogP contribution in [0.4, 0.5) is 5.82 Å². The van der Waals surface area contributed by atoms with Gasteiger partial charge in [-0.2, -0.15) is 0 Å². The fourth-order valence-corrected chi connectivity index (χ4v) is 1.65. The van der Waals surface area contributed by atoms with Crippen molar-refractivity contribution in [2.75, 3.05) is 11.9 Å². The van der Waals surface area contributed by atoms with Gasteiger partial charge in [0.25, 0.3) is 0 Å². The van der Waals surface area contributed by atoms with Crippen LogP contribution in [-0.4, -0.2) is 21.5 Å². The van der Waals surface area contributed by atoms with E-state index in [0.29, 0.717) is 4.99 Å². The highest BCUT2D eigenvalue weighted by Gasteiger charge is 1.98. The van der Waals surface area contributed by atoms with Gasteiger partial charge in [0, 0.05) is 30.7 Å². The largest absolute Gasteiger partial charge is 0.389 e. The van der Waals surface area contributed by atoms with Crippen LogP contribution in [0.5, 0.6) is 0 Å². The van der Waals surface area contributed by atoms with Gasteiger partial charge in [0.2, 0.25) is 0 Å². The molecule has 0 atom stereocenters. The summed E-state index contributed by atoms with van der Waals surface area (Å²) in [6.45, 7) is 0.823. The smallest absolute Gasteiger partial charge is 0.125 e. The van der Waals surface area contributed by atoms with Gasteiger partial charge >= 0.3 is 0 Å². The van der Waals surface area contributed by atoms with Gasteiger partial charge in [-0.1, -0.05) is 12.2 Å². The number of nitrogens with two attached hydrogens (primary N) is 1. The molecule has 92 valence electrons. The minimum atomic E-state index is 0.367. The Kier molecular flexibility index (Phi) is 4.20. The average molecular weight is 258 g/mol. The molecule has 0 saturated heterocycles. The standard InChI is InChI=1S/C13H14N4S/c14-13(18)11-1-2-12(17-9-11)16-8-5-10-3-6-15-7-4-10/h1-4,6-7,9H,5,8H2,(H2,14,18)(H,16,17). The Morgan fingerprint density at radius 1 is 1.22 bits per heavy atom. The molecule has 3 N–H and O–H groups in total. The number of nitrogens with one attached hydrogen (secondary N) is 1. The number of rotatable bonds is 5. The first-order chi connectivity index (χ1) is 8.75. The molecule has 0 aliphatic heterocycles. The fourth-order valence-electron chi connectivity index (χ4n) is 1.53. The lowest BCUT2D eigenvalue weighted by Gasteiger charge is -2.06. The summed E-state index contributed by atoms with van der Waals surface area (Å²) in [5, 5.41) is 3.24. The van der Waals surface area contributed by atoms with Crippen LogP contribution in [-0.2, 0) is 6.42 Å². The van der Waals surface area contributed by atoms with E-state index in [4.69, 9.17) is 18.0 Å². The highest BCUT2D eigenvalue weighted by atomic mass is 32.1. The molecule has 2 aromatic rings. The van der Waals surface area contributed by atoms with Crippen molar-refractivity contribution in [1.29, 1.82) is 0 Å². The average Bonchev–Trinajstić information content (AvgIpc) is 2.40. The Hall–Kier alpha value is -2.01. The molecule has 2 aromatic heterocycles. The minimum Gasteiger partial charge on any atom is -0.389 e. The second-order valence-corrected chi connectivity index (χ2v) is 4.27. The van der Waals surface area contributed by atoms with Crippen molar-refractivity contribution in [1.82, 2.24) is 9.97 Å². The van der Waals surface area contributed by atoms with Gasteiger partial charge in [-0.25, -0.2) is 4.98 Å². The number of aromatic nitrogens is 2. The van der Waals surface area contributed by atoms with E-state index in [1.807, 2.05) is 24.3 Å². The first kappa shape index (κ1) is 12.4. The van der Waals surface area contributed by atoms with Gasteiger partial charge < -0.3 is 11.1 Å². The molecule has 2 rings (SSSR count). The molecule has 2 heterocycles. The molecule has 0 aliphatic carbocycles. The van der Waals surface area contributed by atoms with E-state index in [2.05, 4.69) is 15.3 Å². The summed E-state index contributed by atoms with van der Waals surface area (Å²) in [6.07, 6.45) is 6.20. The summed E-state index contributed by atoms with van der Waals surface area (Å²) in [6, 6.07) is 7.75. The molecule has 0 aromatic carbocycles. The van der Waals surface area contributed by atoms with Crippen LogP contribution in [0.2, 0.25) is 0 Å². The normalized spacial score (nSPS) is 10.0. The van der Waals surface area contributed by atoms with E-state index < -0.39 is 0 Å². The Morgan fingerprint density at radius 2 is 2.00 bits per heavy atom. The Labute approximate surface area is 111 Å². The van der Waals surface area contributed by atoms with Crippen LogP contribution in [0, 0.1) is 0 Å². The summed E-state index contributed by atoms with van der Waals surface area (Å²) < 4.78 is 0. The van der Waals surface area contributed by atoms with Crippen molar-refractivity contribution >= 4 is 23.0 Å². The number of thiocarbonyl (C=S) groups is 1. The van der Waals surface area contributed by atoms with Crippen molar-refractivity contribution in [3.8, 4) is 0 Å². The molecular weight excluding hydrogens is 244 g/mol. The third-order valence-corrected chi connectivity index (χ3v) is 2.75. The molecule has 0 bridgehead atoms. The van der Waals surface area contributed by atoms with Gasteiger partial charge in [0.05, 0.1) is 0 Å². The molecule has 0 radical (unpaired) electrons. The molecule has 0 aliphatic rings. The number of pyridine rings is 2. The maximum absolute atomic E-state index is 5.51. The van der Waals surface area contributed by atoms with E-state index in [-0.39, 0.29) is 0 Å².